The number of hydrogen-bond acceptors (Lipinski definition) is 3. The molecule has 3 heteroatoms. The predicted molar refractivity (Wildman–Crippen MR) is 64.2 cm³/mol. The zero-order valence-corrected chi connectivity index (χ0v) is 10.2. The molecule has 0 spiro atoms. The van der Waals surface area contributed by atoms with E-state index in [0.29, 0.717) is 12.1 Å². The van der Waals surface area contributed by atoms with Crippen LogP contribution < -0.4 is 10.6 Å². The van der Waals surface area contributed by atoms with E-state index >= 15 is 0 Å². The van der Waals surface area contributed by atoms with Gasteiger partial charge in [0.2, 0.25) is 0 Å². The summed E-state index contributed by atoms with van der Waals surface area (Å²) in [5.74, 6) is 0. The molecule has 0 aliphatic carbocycles. The van der Waals surface area contributed by atoms with Gasteiger partial charge in [0, 0.05) is 25.7 Å². The lowest BCUT2D eigenvalue weighted by Gasteiger charge is -2.10. The van der Waals surface area contributed by atoms with E-state index < -0.39 is 0 Å². The molecule has 0 amide bonds. The summed E-state index contributed by atoms with van der Waals surface area (Å²) in [6.07, 6.45) is 5.56. The molecule has 1 aliphatic heterocycles. The van der Waals surface area contributed by atoms with E-state index in [4.69, 9.17) is 4.74 Å². The molecule has 15 heavy (non-hydrogen) atoms. The van der Waals surface area contributed by atoms with Crippen molar-refractivity contribution < 1.29 is 4.74 Å². The van der Waals surface area contributed by atoms with E-state index in [-0.39, 0.29) is 0 Å². The summed E-state index contributed by atoms with van der Waals surface area (Å²) >= 11 is 0. The van der Waals surface area contributed by atoms with Crippen molar-refractivity contribution in [2.45, 2.75) is 51.7 Å². The zero-order valence-electron chi connectivity index (χ0n) is 10.2. The van der Waals surface area contributed by atoms with E-state index in [1.807, 2.05) is 0 Å². The molecule has 1 saturated heterocycles. The van der Waals surface area contributed by atoms with Crippen LogP contribution in [-0.4, -0.2) is 38.4 Å². The second kappa shape index (κ2) is 8.08. The minimum atomic E-state index is 0.556. The summed E-state index contributed by atoms with van der Waals surface area (Å²) in [7, 11) is 0. The second-order valence-corrected chi connectivity index (χ2v) is 4.64. The third-order valence-electron chi connectivity index (χ3n) is 2.76. The molecule has 0 bridgehead atoms. The highest BCUT2D eigenvalue weighted by molar-refractivity contribution is 4.65. The van der Waals surface area contributed by atoms with Crippen molar-refractivity contribution in [1.82, 2.24) is 10.6 Å². The third-order valence-corrected chi connectivity index (χ3v) is 2.76. The van der Waals surface area contributed by atoms with Gasteiger partial charge in [-0.25, -0.2) is 0 Å². The highest BCUT2D eigenvalue weighted by atomic mass is 16.5. The van der Waals surface area contributed by atoms with Crippen LogP contribution in [0.25, 0.3) is 0 Å². The normalized spacial score (nSPS) is 21.4. The van der Waals surface area contributed by atoms with E-state index in [1.54, 1.807) is 0 Å². The van der Waals surface area contributed by atoms with Gasteiger partial charge in [0.05, 0.1) is 6.10 Å². The highest BCUT2D eigenvalue weighted by Gasteiger charge is 2.13. The van der Waals surface area contributed by atoms with Crippen molar-refractivity contribution in [3.8, 4) is 0 Å². The maximum atomic E-state index is 5.57. The summed E-state index contributed by atoms with van der Waals surface area (Å²) in [4.78, 5) is 0. The fraction of sp³-hybridized carbons (Fsp3) is 1.00. The van der Waals surface area contributed by atoms with Gasteiger partial charge in [-0.05, 0) is 32.2 Å². The third kappa shape index (κ3) is 6.88. The number of rotatable bonds is 8. The minimum Gasteiger partial charge on any atom is -0.378 e. The molecule has 0 aromatic heterocycles. The molecular weight excluding hydrogens is 188 g/mol. The predicted octanol–water partition coefficient (Wildman–Crippen LogP) is 1.53. The fourth-order valence-corrected chi connectivity index (χ4v) is 1.90. The van der Waals surface area contributed by atoms with Crippen LogP contribution in [0.3, 0.4) is 0 Å². The van der Waals surface area contributed by atoms with Crippen molar-refractivity contribution in [2.24, 2.45) is 0 Å². The van der Waals surface area contributed by atoms with Gasteiger partial charge in [-0.1, -0.05) is 13.8 Å². The first-order chi connectivity index (χ1) is 7.29. The summed E-state index contributed by atoms with van der Waals surface area (Å²) in [5, 5.41) is 6.84. The Labute approximate surface area is 94.0 Å². The lowest BCUT2D eigenvalue weighted by Crippen LogP contribution is -2.32. The SMILES string of the molecule is CC(C)NCCNCCCC1CCCO1. The van der Waals surface area contributed by atoms with Crippen LogP contribution in [-0.2, 0) is 4.74 Å². The number of hydrogen-bond donors (Lipinski definition) is 2. The monoisotopic (exact) mass is 214 g/mol. The summed E-state index contributed by atoms with van der Waals surface area (Å²) < 4.78 is 5.57. The van der Waals surface area contributed by atoms with Crippen molar-refractivity contribution >= 4 is 0 Å². The van der Waals surface area contributed by atoms with Crippen molar-refractivity contribution in [3.63, 3.8) is 0 Å². The molecule has 1 aliphatic rings. The van der Waals surface area contributed by atoms with Crippen LogP contribution >= 0.6 is 0 Å². The minimum absolute atomic E-state index is 0.556. The smallest absolute Gasteiger partial charge is 0.0576 e. The Bertz CT molecular complexity index is 145. The largest absolute Gasteiger partial charge is 0.378 e. The van der Waals surface area contributed by atoms with Crippen LogP contribution in [0.5, 0.6) is 0 Å². The van der Waals surface area contributed by atoms with E-state index in [1.165, 1.54) is 25.7 Å². The van der Waals surface area contributed by atoms with Crippen molar-refractivity contribution in [1.29, 1.82) is 0 Å². The lowest BCUT2D eigenvalue weighted by atomic mass is 10.1. The summed E-state index contributed by atoms with van der Waals surface area (Å²) in [5.41, 5.74) is 0. The topological polar surface area (TPSA) is 33.3 Å². The Kier molecular flexibility index (Phi) is 6.98. The molecule has 2 N–H and O–H groups in total. The Balaban J connectivity index is 1.76. The first-order valence-corrected chi connectivity index (χ1v) is 6.34. The van der Waals surface area contributed by atoms with E-state index in [0.717, 1.165) is 26.2 Å². The van der Waals surface area contributed by atoms with Gasteiger partial charge in [0.25, 0.3) is 0 Å². The highest BCUT2D eigenvalue weighted by Crippen LogP contribution is 2.16. The maximum absolute atomic E-state index is 5.57. The van der Waals surface area contributed by atoms with Gasteiger partial charge in [-0.3, -0.25) is 0 Å². The number of ether oxygens (including phenoxy) is 1. The van der Waals surface area contributed by atoms with Gasteiger partial charge < -0.3 is 15.4 Å². The molecular formula is C12H26N2O. The molecule has 1 fully saturated rings. The standard InChI is InChI=1S/C12H26N2O/c1-11(2)14-9-8-13-7-3-5-12-6-4-10-15-12/h11-14H,3-10H2,1-2H3. The molecule has 90 valence electrons. The maximum Gasteiger partial charge on any atom is 0.0576 e. The van der Waals surface area contributed by atoms with Crippen molar-refractivity contribution in [3.05, 3.63) is 0 Å². The van der Waals surface area contributed by atoms with E-state index in [2.05, 4.69) is 24.5 Å². The second-order valence-electron chi connectivity index (χ2n) is 4.64. The molecule has 0 aromatic carbocycles. The summed E-state index contributed by atoms with van der Waals surface area (Å²) in [6, 6.07) is 0.596. The van der Waals surface area contributed by atoms with Gasteiger partial charge in [0.1, 0.15) is 0 Å². The average molecular weight is 214 g/mol. The average Bonchev–Trinajstić information content (AvgIpc) is 2.68. The van der Waals surface area contributed by atoms with Crippen LogP contribution in [0.15, 0.2) is 0 Å². The molecule has 1 heterocycles. The van der Waals surface area contributed by atoms with Gasteiger partial charge in [-0.15, -0.1) is 0 Å². The molecule has 0 saturated carbocycles. The number of nitrogens with one attached hydrogen (secondary N) is 2. The van der Waals surface area contributed by atoms with Crippen LogP contribution in [0.4, 0.5) is 0 Å². The van der Waals surface area contributed by atoms with Gasteiger partial charge in [-0.2, -0.15) is 0 Å². The van der Waals surface area contributed by atoms with Crippen LogP contribution in [0, 0.1) is 0 Å². The lowest BCUT2D eigenvalue weighted by molar-refractivity contribution is 0.102. The quantitative estimate of drug-likeness (QED) is 0.601. The molecule has 1 atom stereocenters. The molecule has 3 nitrogen and oxygen atoms in total. The summed E-state index contributed by atoms with van der Waals surface area (Å²) in [6.45, 7) is 8.60. The molecule has 1 rings (SSSR count). The first-order valence-electron chi connectivity index (χ1n) is 6.34. The Morgan fingerprint density at radius 2 is 2.13 bits per heavy atom. The zero-order chi connectivity index (χ0) is 10.9. The molecule has 0 aromatic rings. The van der Waals surface area contributed by atoms with Gasteiger partial charge >= 0.3 is 0 Å². The Morgan fingerprint density at radius 1 is 1.27 bits per heavy atom. The van der Waals surface area contributed by atoms with Crippen LogP contribution in [0.1, 0.15) is 39.5 Å². The Morgan fingerprint density at radius 3 is 2.80 bits per heavy atom. The van der Waals surface area contributed by atoms with Crippen LogP contribution in [0.2, 0.25) is 0 Å². The van der Waals surface area contributed by atoms with Gasteiger partial charge in [0.15, 0.2) is 0 Å². The Hall–Kier alpha value is -0.120. The fourth-order valence-electron chi connectivity index (χ4n) is 1.90. The van der Waals surface area contributed by atoms with Crippen molar-refractivity contribution in [2.75, 3.05) is 26.2 Å². The van der Waals surface area contributed by atoms with E-state index in [9.17, 15) is 0 Å². The molecule has 0 radical (unpaired) electrons. The molecule has 1 unspecified atom stereocenters. The first kappa shape index (κ1) is 12.9.